The summed E-state index contributed by atoms with van der Waals surface area (Å²) in [5, 5.41) is 0. The third kappa shape index (κ3) is 28.0. The number of nitrogens with zero attached hydrogens (tertiary/aromatic N) is 2. The number of carbonyl (C=O) groups excluding carboxylic acids is 1. The molecule has 398 valence electrons. The Balaban J connectivity index is 2.04. The van der Waals surface area contributed by atoms with Crippen molar-refractivity contribution in [1.29, 1.82) is 0 Å². The average Bonchev–Trinajstić information content (AvgIpc) is 3.57. The molecule has 5 heteroatoms. The molecular weight excluding hydrogens is 833 g/mol. The lowest BCUT2D eigenvalue weighted by molar-refractivity contribution is -0.134. The van der Waals surface area contributed by atoms with E-state index in [-0.39, 0.29) is 5.92 Å². The Morgan fingerprint density at radius 1 is 0.441 bits per heavy atom. The van der Waals surface area contributed by atoms with Crippen molar-refractivity contribution < 1.29 is 14.3 Å². The van der Waals surface area contributed by atoms with Crippen LogP contribution >= 0.6 is 0 Å². The number of likely N-dealkylation sites (tertiary alicyclic amines) is 1. The maximum absolute atomic E-state index is 15.0. The minimum atomic E-state index is 0.172. The van der Waals surface area contributed by atoms with E-state index in [9.17, 15) is 4.79 Å². The quantitative estimate of drug-likeness (QED) is 0.0482. The van der Waals surface area contributed by atoms with E-state index in [4.69, 9.17) is 9.47 Å². The van der Waals surface area contributed by atoms with E-state index in [0.717, 1.165) is 89.2 Å². The molecule has 68 heavy (non-hydrogen) atoms. The van der Waals surface area contributed by atoms with Crippen molar-refractivity contribution in [3.63, 3.8) is 0 Å². The molecule has 3 atom stereocenters. The molecule has 1 heterocycles. The molecule has 0 aromatic heterocycles. The highest BCUT2D eigenvalue weighted by Gasteiger charge is 2.50. The number of aryl methyl sites for hydroxylation is 2. The van der Waals surface area contributed by atoms with E-state index in [1.165, 1.54) is 229 Å². The van der Waals surface area contributed by atoms with Crippen LogP contribution in [0.1, 0.15) is 296 Å². The van der Waals surface area contributed by atoms with Crippen LogP contribution in [-0.4, -0.2) is 63.0 Å². The van der Waals surface area contributed by atoms with Gasteiger partial charge in [-0.1, -0.05) is 258 Å². The second kappa shape index (κ2) is 43.2. The summed E-state index contributed by atoms with van der Waals surface area (Å²) in [6.07, 6.45) is 51.2. The lowest BCUT2D eigenvalue weighted by Crippen LogP contribution is -2.59. The zero-order valence-corrected chi connectivity index (χ0v) is 47.1. The molecule has 1 aromatic carbocycles. The van der Waals surface area contributed by atoms with Crippen LogP contribution in [0.25, 0.3) is 0 Å². The zero-order valence-electron chi connectivity index (χ0n) is 47.1. The van der Waals surface area contributed by atoms with E-state index in [1.54, 1.807) is 0 Å². The third-order valence-corrected chi connectivity index (χ3v) is 15.9. The van der Waals surface area contributed by atoms with Gasteiger partial charge < -0.3 is 9.47 Å². The molecule has 0 spiro atoms. The fourth-order valence-electron chi connectivity index (χ4n) is 11.8. The minimum Gasteiger partial charge on any atom is -0.381 e. The molecule has 0 N–H and O–H groups in total. The maximum atomic E-state index is 15.0. The highest BCUT2D eigenvalue weighted by molar-refractivity contribution is 5.82. The zero-order chi connectivity index (χ0) is 49.2. The molecule has 0 saturated carbocycles. The monoisotopic (exact) mass is 952 g/mol. The van der Waals surface area contributed by atoms with Crippen molar-refractivity contribution >= 4 is 11.6 Å². The van der Waals surface area contributed by atoms with E-state index in [0.29, 0.717) is 17.9 Å². The number of hydrogen-bond donors (Lipinski definition) is 0. The van der Waals surface area contributed by atoms with Crippen molar-refractivity contribution in [3.8, 4) is 0 Å². The van der Waals surface area contributed by atoms with Gasteiger partial charge in [0.25, 0.3) is 0 Å². The first-order valence-corrected chi connectivity index (χ1v) is 30.8. The van der Waals surface area contributed by atoms with Gasteiger partial charge >= 0.3 is 0 Å². The van der Waals surface area contributed by atoms with E-state index in [1.807, 2.05) is 0 Å². The first kappa shape index (κ1) is 62.7. The number of ether oxygens (including phenoxy) is 2. The van der Waals surface area contributed by atoms with Crippen LogP contribution in [0.15, 0.2) is 18.2 Å². The largest absolute Gasteiger partial charge is 0.381 e. The Labute approximate surface area is 425 Å². The van der Waals surface area contributed by atoms with Crippen LogP contribution in [0, 0.1) is 25.7 Å². The van der Waals surface area contributed by atoms with E-state index in [2.05, 4.69) is 71.6 Å². The fourth-order valence-corrected chi connectivity index (χ4v) is 11.8. The lowest BCUT2D eigenvalue weighted by atomic mass is 9.81. The molecule has 1 saturated heterocycles. The van der Waals surface area contributed by atoms with Crippen LogP contribution in [0.5, 0.6) is 0 Å². The summed E-state index contributed by atoms with van der Waals surface area (Å²) in [5.41, 5.74) is 4.08. The summed E-state index contributed by atoms with van der Waals surface area (Å²) in [4.78, 5) is 17.4. The Kier molecular flexibility index (Phi) is 39.8. The second-order valence-electron chi connectivity index (χ2n) is 22.2. The molecule has 0 bridgehead atoms. The van der Waals surface area contributed by atoms with Crippen LogP contribution in [0.4, 0.5) is 5.69 Å². The molecule has 5 nitrogen and oxygen atoms in total. The predicted molar refractivity (Wildman–Crippen MR) is 300 cm³/mol. The summed E-state index contributed by atoms with van der Waals surface area (Å²) in [6, 6.07) is 7.46. The van der Waals surface area contributed by atoms with Gasteiger partial charge in [-0.2, -0.15) is 0 Å². The van der Waals surface area contributed by atoms with Gasteiger partial charge in [0.1, 0.15) is 5.69 Å². The van der Waals surface area contributed by atoms with Gasteiger partial charge in [-0.25, -0.2) is 0 Å². The van der Waals surface area contributed by atoms with Crippen molar-refractivity contribution in [2.75, 3.05) is 46.2 Å². The molecule has 1 fully saturated rings. The highest BCUT2D eigenvalue weighted by atomic mass is 16.5. The molecule has 0 aliphatic carbocycles. The summed E-state index contributed by atoms with van der Waals surface area (Å²) in [7, 11) is 0. The van der Waals surface area contributed by atoms with Crippen molar-refractivity contribution in [2.45, 2.75) is 305 Å². The molecular formula is C63H119N2O3+. The minimum absolute atomic E-state index is 0.172. The van der Waals surface area contributed by atoms with Gasteiger partial charge in [0.05, 0.1) is 26.3 Å². The standard InChI is InChI=1S/C63H119N2O3/c1-8-13-18-20-22-24-26-28-30-32-34-36-38-40-51-67-53-42-49-65(62-48-47-57(6)55-58(62)7,50-43-54-68-52-41-39-37-35-33-31-29-27-25-23-21-19-14-9-2)56-64-61(46-17-12-5)59(44-15-10-3)60(63(64)66)45-16-11-4/h47-48,55,59-61H,8-46,49-54,56H2,1-7H3/q+1. The molecule has 1 aromatic rings. The number of rotatable bonds is 50. The topological polar surface area (TPSA) is 38.8 Å². The van der Waals surface area contributed by atoms with Gasteiger partial charge in [-0.05, 0) is 57.9 Å². The van der Waals surface area contributed by atoms with Crippen LogP contribution < -0.4 is 4.48 Å². The Bertz CT molecular complexity index is 1240. The number of benzene rings is 1. The normalized spacial score (nSPS) is 16.5. The smallest absolute Gasteiger partial charge is 0.230 e. The van der Waals surface area contributed by atoms with Gasteiger partial charge in [-0.15, -0.1) is 0 Å². The molecule has 2 rings (SSSR count). The summed E-state index contributed by atoms with van der Waals surface area (Å²) < 4.78 is 13.7. The SMILES string of the molecule is CCCCCCCCCCCCCCCCOCCC[N+](CCCOCCCCCCCCCCCCCCCC)(CN1C(=O)C(CCCC)C(CCCC)C1CCCC)c1ccc(C)cc1C. The van der Waals surface area contributed by atoms with Crippen molar-refractivity contribution in [1.82, 2.24) is 9.38 Å². The Hall–Kier alpha value is -1.43. The van der Waals surface area contributed by atoms with Crippen LogP contribution in [-0.2, 0) is 14.3 Å². The summed E-state index contributed by atoms with van der Waals surface area (Å²) in [5.74, 6) is 1.10. The molecule has 1 aliphatic heterocycles. The molecule has 0 radical (unpaired) electrons. The molecule has 3 unspecified atom stereocenters. The number of amides is 1. The Morgan fingerprint density at radius 2 is 0.809 bits per heavy atom. The number of unbranched alkanes of at least 4 members (excludes halogenated alkanes) is 29. The Morgan fingerprint density at radius 3 is 1.22 bits per heavy atom. The predicted octanol–water partition coefficient (Wildman–Crippen LogP) is 19.4. The number of quaternary nitrogens is 1. The third-order valence-electron chi connectivity index (χ3n) is 15.9. The average molecular weight is 953 g/mol. The highest BCUT2D eigenvalue weighted by Crippen LogP contribution is 2.42. The van der Waals surface area contributed by atoms with E-state index >= 15 is 0 Å². The van der Waals surface area contributed by atoms with Crippen molar-refractivity contribution in [3.05, 3.63) is 29.3 Å². The van der Waals surface area contributed by atoms with Gasteiger partial charge in [-0.3, -0.25) is 14.2 Å². The molecule has 1 aliphatic rings. The van der Waals surface area contributed by atoms with Gasteiger partial charge in [0.15, 0.2) is 6.67 Å². The van der Waals surface area contributed by atoms with Crippen LogP contribution in [0.3, 0.4) is 0 Å². The van der Waals surface area contributed by atoms with Gasteiger partial charge in [0, 0.05) is 43.6 Å². The van der Waals surface area contributed by atoms with Crippen LogP contribution in [0.2, 0.25) is 0 Å². The first-order chi connectivity index (χ1) is 33.4. The number of hydrogen-bond acceptors (Lipinski definition) is 3. The van der Waals surface area contributed by atoms with E-state index < -0.39 is 0 Å². The maximum Gasteiger partial charge on any atom is 0.230 e. The lowest BCUT2D eigenvalue weighted by Gasteiger charge is -2.43. The first-order valence-electron chi connectivity index (χ1n) is 30.8. The summed E-state index contributed by atoms with van der Waals surface area (Å²) >= 11 is 0. The number of carbonyl (C=O) groups is 1. The molecule has 1 amide bonds. The van der Waals surface area contributed by atoms with Crippen molar-refractivity contribution in [2.24, 2.45) is 11.8 Å². The van der Waals surface area contributed by atoms with Gasteiger partial charge in [0.2, 0.25) is 5.91 Å². The second-order valence-corrected chi connectivity index (χ2v) is 22.2. The fraction of sp³-hybridized carbons (Fsp3) is 0.889. The summed E-state index contributed by atoms with van der Waals surface area (Å²) in [6.45, 7) is 22.2.